The first kappa shape index (κ1) is 16.9. The van der Waals surface area contributed by atoms with Crippen LogP contribution in [0.25, 0.3) is 11.1 Å². The number of nitro benzene ring substituents is 1. The summed E-state index contributed by atoms with van der Waals surface area (Å²) in [7, 11) is 1.58. The molecule has 0 aliphatic rings. The van der Waals surface area contributed by atoms with E-state index in [0.29, 0.717) is 17.3 Å². The molecule has 0 saturated carbocycles. The molecule has 0 aliphatic heterocycles. The van der Waals surface area contributed by atoms with Crippen molar-refractivity contribution in [2.45, 2.75) is 6.42 Å². The quantitative estimate of drug-likeness (QED) is 0.482. The molecule has 0 atom stereocenters. The molecule has 0 bridgehead atoms. The molecule has 3 aromatic rings. The standard InChI is InChI=1S/C19H15ClN2O3/c1-25-19-18(15-3-2-4-16(20)11-15)10-14(12-21-19)9-13-5-7-17(8-6-13)22(23)24/h2-8,10-12H,9H2,1H3. The zero-order valence-corrected chi connectivity index (χ0v) is 14.2. The van der Waals surface area contributed by atoms with Crippen LogP contribution in [-0.2, 0) is 6.42 Å². The largest absolute Gasteiger partial charge is 0.481 e. The molecule has 0 N–H and O–H groups in total. The minimum absolute atomic E-state index is 0.0798. The van der Waals surface area contributed by atoms with Gasteiger partial charge in [-0.3, -0.25) is 10.1 Å². The van der Waals surface area contributed by atoms with Crippen LogP contribution in [0.2, 0.25) is 5.02 Å². The van der Waals surface area contributed by atoms with E-state index < -0.39 is 4.92 Å². The van der Waals surface area contributed by atoms with Crippen LogP contribution >= 0.6 is 11.6 Å². The lowest BCUT2D eigenvalue weighted by molar-refractivity contribution is -0.384. The molecular formula is C19H15ClN2O3. The number of pyridine rings is 1. The van der Waals surface area contributed by atoms with Crippen molar-refractivity contribution in [1.82, 2.24) is 4.98 Å². The molecule has 0 radical (unpaired) electrons. The topological polar surface area (TPSA) is 65.3 Å². The van der Waals surface area contributed by atoms with Crippen LogP contribution in [0.1, 0.15) is 11.1 Å². The van der Waals surface area contributed by atoms with E-state index in [4.69, 9.17) is 16.3 Å². The van der Waals surface area contributed by atoms with Crippen molar-refractivity contribution >= 4 is 17.3 Å². The van der Waals surface area contributed by atoms with E-state index in [9.17, 15) is 10.1 Å². The van der Waals surface area contributed by atoms with E-state index in [-0.39, 0.29) is 5.69 Å². The highest BCUT2D eigenvalue weighted by atomic mass is 35.5. The third kappa shape index (κ3) is 3.95. The number of halogens is 1. The first-order chi connectivity index (χ1) is 12.1. The number of benzene rings is 2. The van der Waals surface area contributed by atoms with Gasteiger partial charge in [-0.25, -0.2) is 4.98 Å². The summed E-state index contributed by atoms with van der Waals surface area (Å²) in [6.45, 7) is 0. The Hall–Kier alpha value is -2.92. The molecule has 0 aliphatic carbocycles. The lowest BCUT2D eigenvalue weighted by Gasteiger charge is -2.10. The van der Waals surface area contributed by atoms with Crippen LogP contribution in [0.3, 0.4) is 0 Å². The number of non-ortho nitro benzene ring substituents is 1. The van der Waals surface area contributed by atoms with Crippen molar-refractivity contribution in [3.05, 3.63) is 87.1 Å². The highest BCUT2D eigenvalue weighted by Gasteiger charge is 2.10. The summed E-state index contributed by atoms with van der Waals surface area (Å²) in [4.78, 5) is 14.7. The molecule has 0 amide bonds. The van der Waals surface area contributed by atoms with Crippen LogP contribution in [0.4, 0.5) is 5.69 Å². The minimum Gasteiger partial charge on any atom is -0.481 e. The van der Waals surface area contributed by atoms with E-state index in [0.717, 1.165) is 22.3 Å². The predicted octanol–water partition coefficient (Wildman–Crippen LogP) is 4.91. The lowest BCUT2D eigenvalue weighted by Crippen LogP contribution is -1.96. The molecule has 3 rings (SSSR count). The molecule has 1 heterocycles. The Bertz CT molecular complexity index is 911. The summed E-state index contributed by atoms with van der Waals surface area (Å²) in [5.41, 5.74) is 3.79. The van der Waals surface area contributed by atoms with Crippen molar-refractivity contribution in [1.29, 1.82) is 0 Å². The number of hydrogen-bond acceptors (Lipinski definition) is 4. The maximum Gasteiger partial charge on any atom is 0.269 e. The number of rotatable bonds is 5. The second kappa shape index (κ2) is 7.32. The van der Waals surface area contributed by atoms with Crippen LogP contribution in [-0.4, -0.2) is 17.0 Å². The SMILES string of the molecule is COc1ncc(Cc2ccc([N+](=O)[O-])cc2)cc1-c1cccc(Cl)c1. The van der Waals surface area contributed by atoms with Crippen LogP contribution in [0, 0.1) is 10.1 Å². The summed E-state index contributed by atoms with van der Waals surface area (Å²) >= 11 is 6.08. The number of ether oxygens (including phenoxy) is 1. The van der Waals surface area contributed by atoms with Gasteiger partial charge in [-0.2, -0.15) is 0 Å². The van der Waals surface area contributed by atoms with Crippen molar-refractivity contribution in [2.24, 2.45) is 0 Å². The van der Waals surface area contributed by atoms with Gasteiger partial charge < -0.3 is 4.74 Å². The van der Waals surface area contributed by atoms with Gasteiger partial charge >= 0.3 is 0 Å². The van der Waals surface area contributed by atoms with Gasteiger partial charge in [0.2, 0.25) is 5.88 Å². The molecule has 6 heteroatoms. The van der Waals surface area contributed by atoms with E-state index in [2.05, 4.69) is 4.98 Å². The maximum absolute atomic E-state index is 10.7. The van der Waals surface area contributed by atoms with Crippen molar-refractivity contribution in [2.75, 3.05) is 7.11 Å². The summed E-state index contributed by atoms with van der Waals surface area (Å²) in [6.07, 6.45) is 2.36. The van der Waals surface area contributed by atoms with Gasteiger partial charge in [0.1, 0.15) is 0 Å². The molecule has 0 unspecified atom stereocenters. The summed E-state index contributed by atoms with van der Waals surface area (Å²) in [5.74, 6) is 0.523. The molecule has 2 aromatic carbocycles. The smallest absolute Gasteiger partial charge is 0.269 e. The fourth-order valence-corrected chi connectivity index (χ4v) is 2.78. The Kier molecular flexibility index (Phi) is 4.95. The molecule has 0 saturated heterocycles. The second-order valence-corrected chi connectivity index (χ2v) is 5.95. The van der Waals surface area contributed by atoms with E-state index >= 15 is 0 Å². The van der Waals surface area contributed by atoms with Crippen molar-refractivity contribution in [3.8, 4) is 17.0 Å². The third-order valence-corrected chi connectivity index (χ3v) is 4.03. The van der Waals surface area contributed by atoms with Crippen LogP contribution in [0.15, 0.2) is 60.8 Å². The average molecular weight is 355 g/mol. The van der Waals surface area contributed by atoms with Gasteiger partial charge in [-0.1, -0.05) is 35.9 Å². The Balaban J connectivity index is 1.92. The average Bonchev–Trinajstić information content (AvgIpc) is 2.62. The van der Waals surface area contributed by atoms with E-state index in [1.807, 2.05) is 30.3 Å². The zero-order valence-electron chi connectivity index (χ0n) is 13.5. The van der Waals surface area contributed by atoms with Gasteiger partial charge in [0.15, 0.2) is 0 Å². The predicted molar refractivity (Wildman–Crippen MR) is 97.1 cm³/mol. The number of aromatic nitrogens is 1. The summed E-state index contributed by atoms with van der Waals surface area (Å²) < 4.78 is 5.36. The third-order valence-electron chi connectivity index (χ3n) is 3.79. The Labute approximate surface area is 150 Å². The van der Waals surface area contributed by atoms with Gasteiger partial charge in [-0.05, 0) is 41.3 Å². The molecule has 25 heavy (non-hydrogen) atoms. The first-order valence-corrected chi connectivity index (χ1v) is 7.97. The number of methoxy groups -OCH3 is 1. The zero-order chi connectivity index (χ0) is 17.8. The van der Waals surface area contributed by atoms with E-state index in [1.54, 1.807) is 25.4 Å². The van der Waals surface area contributed by atoms with Gasteiger partial charge in [0, 0.05) is 28.9 Å². The lowest BCUT2D eigenvalue weighted by atomic mass is 10.0. The maximum atomic E-state index is 10.7. The molecule has 5 nitrogen and oxygen atoms in total. The molecule has 126 valence electrons. The Morgan fingerprint density at radius 1 is 1.12 bits per heavy atom. The normalized spacial score (nSPS) is 10.5. The second-order valence-electron chi connectivity index (χ2n) is 5.51. The van der Waals surface area contributed by atoms with Gasteiger partial charge in [-0.15, -0.1) is 0 Å². The minimum atomic E-state index is -0.407. The fraction of sp³-hybridized carbons (Fsp3) is 0.105. The fourth-order valence-electron chi connectivity index (χ4n) is 2.59. The van der Waals surface area contributed by atoms with Crippen molar-refractivity contribution in [3.63, 3.8) is 0 Å². The Morgan fingerprint density at radius 2 is 1.88 bits per heavy atom. The molecule has 0 fully saturated rings. The molecule has 0 spiro atoms. The molecular weight excluding hydrogens is 340 g/mol. The number of nitro groups is 1. The van der Waals surface area contributed by atoms with Gasteiger partial charge in [0.25, 0.3) is 5.69 Å². The number of nitrogens with zero attached hydrogens (tertiary/aromatic N) is 2. The highest BCUT2D eigenvalue weighted by molar-refractivity contribution is 6.30. The highest BCUT2D eigenvalue weighted by Crippen LogP contribution is 2.31. The van der Waals surface area contributed by atoms with E-state index in [1.165, 1.54) is 12.1 Å². The van der Waals surface area contributed by atoms with Crippen LogP contribution < -0.4 is 4.74 Å². The molecule has 1 aromatic heterocycles. The van der Waals surface area contributed by atoms with Crippen molar-refractivity contribution < 1.29 is 9.66 Å². The Morgan fingerprint density at radius 3 is 2.52 bits per heavy atom. The monoisotopic (exact) mass is 354 g/mol. The van der Waals surface area contributed by atoms with Gasteiger partial charge in [0.05, 0.1) is 12.0 Å². The number of hydrogen-bond donors (Lipinski definition) is 0. The first-order valence-electron chi connectivity index (χ1n) is 7.59. The van der Waals surface area contributed by atoms with Crippen LogP contribution in [0.5, 0.6) is 5.88 Å². The summed E-state index contributed by atoms with van der Waals surface area (Å²) in [5, 5.41) is 11.4. The summed E-state index contributed by atoms with van der Waals surface area (Å²) in [6, 6.07) is 16.0.